The molecule has 0 radical (unpaired) electrons. The van der Waals surface area contributed by atoms with Crippen LogP contribution in [-0.2, 0) is 28.6 Å². The van der Waals surface area contributed by atoms with Crippen molar-refractivity contribution in [2.75, 3.05) is 46.5 Å². The van der Waals surface area contributed by atoms with Crippen molar-refractivity contribution in [3.63, 3.8) is 0 Å². The van der Waals surface area contributed by atoms with Crippen LogP contribution in [0.3, 0.4) is 0 Å². The zero-order valence-corrected chi connectivity index (χ0v) is 31.7. The maximum absolute atomic E-state index is 12.4. The molecule has 48 heavy (non-hydrogen) atoms. The monoisotopic (exact) mass is 677 g/mol. The zero-order valence-electron chi connectivity index (χ0n) is 31.7. The third-order valence-electron chi connectivity index (χ3n) is 8.81. The Labute approximate surface area is 295 Å². The van der Waals surface area contributed by atoms with Gasteiger partial charge in [-0.05, 0) is 78.1 Å². The Kier molecular flexibility index (Phi) is 32.7. The van der Waals surface area contributed by atoms with Crippen molar-refractivity contribution in [3.05, 3.63) is 36.5 Å². The lowest BCUT2D eigenvalue weighted by Crippen LogP contribution is -2.51. The van der Waals surface area contributed by atoms with Crippen molar-refractivity contribution in [2.24, 2.45) is 0 Å². The fourth-order valence-electron chi connectivity index (χ4n) is 5.49. The van der Waals surface area contributed by atoms with E-state index >= 15 is 0 Å². The average molecular weight is 677 g/mol. The number of rotatable bonds is 34. The van der Waals surface area contributed by atoms with E-state index in [0.717, 1.165) is 83.5 Å². The molecule has 7 heteroatoms. The van der Waals surface area contributed by atoms with Crippen molar-refractivity contribution in [2.45, 2.75) is 162 Å². The molecule has 0 aromatic rings. The lowest BCUT2D eigenvalue weighted by molar-refractivity contribution is -0.910. The molecule has 0 aromatic heterocycles. The van der Waals surface area contributed by atoms with Crippen LogP contribution in [0.5, 0.6) is 0 Å². The summed E-state index contributed by atoms with van der Waals surface area (Å²) in [6.45, 7) is 8.86. The zero-order chi connectivity index (χ0) is 35.4. The number of hydrogen-bond acceptors (Lipinski definition) is 6. The number of quaternary nitrogens is 1. The van der Waals surface area contributed by atoms with Gasteiger partial charge in [-0.2, -0.15) is 0 Å². The summed E-state index contributed by atoms with van der Waals surface area (Å²) in [5.41, 5.74) is 0. The third kappa shape index (κ3) is 32.2. The van der Waals surface area contributed by atoms with E-state index in [1.54, 1.807) is 0 Å². The summed E-state index contributed by atoms with van der Waals surface area (Å²) in [6.07, 6.45) is 35.2. The molecule has 0 heterocycles. The van der Waals surface area contributed by atoms with E-state index in [2.05, 4.69) is 43.4 Å². The molecule has 7 nitrogen and oxygen atoms in total. The van der Waals surface area contributed by atoms with E-state index in [9.17, 15) is 14.4 Å². The summed E-state index contributed by atoms with van der Waals surface area (Å²) >= 11 is 0. The highest BCUT2D eigenvalue weighted by atomic mass is 16.5. The second-order valence-corrected chi connectivity index (χ2v) is 13.4. The molecule has 0 fully saturated rings. The topological polar surface area (TPSA) is 78.9 Å². The first-order chi connectivity index (χ1) is 23.4. The largest absolute Gasteiger partial charge is 0.460 e. The van der Waals surface area contributed by atoms with Crippen LogP contribution in [0.25, 0.3) is 0 Å². The highest BCUT2D eigenvalue weighted by Crippen LogP contribution is 2.12. The van der Waals surface area contributed by atoms with Gasteiger partial charge in [0.2, 0.25) is 0 Å². The molecule has 0 rings (SSSR count). The normalized spacial score (nSPS) is 12.0. The van der Waals surface area contributed by atoms with E-state index in [-0.39, 0.29) is 17.9 Å². The first-order valence-electron chi connectivity index (χ1n) is 19.5. The number of unbranched alkanes of at least 4 members (excludes halogenated alkanes) is 15. The second-order valence-electron chi connectivity index (χ2n) is 13.4. The minimum Gasteiger partial charge on any atom is -0.460 e. The smallest absolute Gasteiger partial charge is 0.305 e. The first kappa shape index (κ1) is 45.6. The van der Waals surface area contributed by atoms with E-state index < -0.39 is 0 Å². The van der Waals surface area contributed by atoms with E-state index in [1.165, 1.54) is 38.5 Å². The maximum Gasteiger partial charge on any atom is 0.305 e. The number of esters is 3. The van der Waals surface area contributed by atoms with Crippen molar-refractivity contribution in [1.29, 1.82) is 0 Å². The predicted octanol–water partition coefficient (Wildman–Crippen LogP) is 10.4. The van der Waals surface area contributed by atoms with Crippen molar-refractivity contribution in [3.8, 4) is 0 Å². The Hall–Kier alpha value is -2.41. The van der Waals surface area contributed by atoms with Crippen LogP contribution in [0.15, 0.2) is 36.5 Å². The van der Waals surface area contributed by atoms with Gasteiger partial charge >= 0.3 is 17.9 Å². The summed E-state index contributed by atoms with van der Waals surface area (Å²) in [5, 5.41) is 0. The number of carbonyl (C=O) groups excluding carboxylic acids is 3. The second kappa shape index (κ2) is 34.5. The molecule has 0 atom stereocenters. The van der Waals surface area contributed by atoms with Gasteiger partial charge < -0.3 is 18.7 Å². The number of ether oxygens (including phenoxy) is 3. The molecule has 0 N–H and O–H groups in total. The molecule has 278 valence electrons. The molecule has 0 aliphatic carbocycles. The number of likely N-dealkylation sites (N-methyl/N-ethyl adjacent to an activating group) is 1. The molecule has 0 saturated heterocycles. The van der Waals surface area contributed by atoms with Gasteiger partial charge in [-0.1, -0.05) is 101 Å². The Morgan fingerprint density at radius 3 is 1.10 bits per heavy atom. The molecule has 0 bridgehead atoms. The van der Waals surface area contributed by atoms with Gasteiger partial charge in [0.25, 0.3) is 0 Å². The highest BCUT2D eigenvalue weighted by molar-refractivity contribution is 5.69. The molecular weight excluding hydrogens is 602 g/mol. The van der Waals surface area contributed by atoms with Gasteiger partial charge in [0.15, 0.2) is 0 Å². The predicted molar refractivity (Wildman–Crippen MR) is 200 cm³/mol. The molecular formula is C41H74NO6+. The Balaban J connectivity index is 4.50. The molecule has 0 aliphatic rings. The lowest BCUT2D eigenvalue weighted by Gasteiger charge is -2.34. The fraction of sp³-hybridized carbons (Fsp3) is 0.780. The van der Waals surface area contributed by atoms with E-state index in [0.29, 0.717) is 63.2 Å². The van der Waals surface area contributed by atoms with Gasteiger partial charge in [-0.3, -0.25) is 14.4 Å². The van der Waals surface area contributed by atoms with Gasteiger partial charge in [0.05, 0.1) is 7.05 Å². The molecule has 0 spiro atoms. The van der Waals surface area contributed by atoms with Crippen LogP contribution < -0.4 is 0 Å². The minimum atomic E-state index is -0.160. The van der Waals surface area contributed by atoms with Crippen LogP contribution in [0.1, 0.15) is 162 Å². The van der Waals surface area contributed by atoms with Gasteiger partial charge in [-0.15, -0.1) is 0 Å². The Morgan fingerprint density at radius 1 is 0.458 bits per heavy atom. The average Bonchev–Trinajstić information content (AvgIpc) is 3.06. The SMILES string of the molecule is C/C=C/CCCCCCCC(=O)OCC[N+](C)(CCOC(=O)CCCCCCC/C=C/C)CCOC(=O)CCCCCCC/C=C/CC. The van der Waals surface area contributed by atoms with Crippen LogP contribution in [0.4, 0.5) is 0 Å². The van der Waals surface area contributed by atoms with Crippen LogP contribution in [-0.4, -0.2) is 68.9 Å². The number of hydrogen-bond donors (Lipinski definition) is 0. The maximum atomic E-state index is 12.4. The molecule has 0 aliphatic heterocycles. The minimum absolute atomic E-state index is 0.158. The first-order valence-corrected chi connectivity index (χ1v) is 19.5. The quantitative estimate of drug-likeness (QED) is 0.0222. The van der Waals surface area contributed by atoms with Gasteiger partial charge in [0.1, 0.15) is 39.5 Å². The third-order valence-corrected chi connectivity index (χ3v) is 8.81. The van der Waals surface area contributed by atoms with Gasteiger partial charge in [0, 0.05) is 19.3 Å². The summed E-state index contributed by atoms with van der Waals surface area (Å²) in [5.74, 6) is -0.478. The molecule has 0 aromatic carbocycles. The summed E-state index contributed by atoms with van der Waals surface area (Å²) < 4.78 is 17.3. The standard InChI is InChI=1S/C41H74NO6/c1-5-8-11-14-17-20-23-26-29-32-41(45)48-38-35-42(4,33-36-46-39(43)30-27-24-21-18-15-12-9-6-2)34-37-47-40(44)31-28-25-22-19-16-13-10-7-3/h6-11H,5,12-38H2,1-4H3/q+1/b9-6+,10-7+,11-8+. The number of allylic oxidation sites excluding steroid dienone is 6. The molecule has 0 saturated carbocycles. The number of carbonyl (C=O) groups is 3. The lowest BCUT2D eigenvalue weighted by atomic mass is 10.1. The molecule has 0 unspecified atom stereocenters. The number of nitrogens with zero attached hydrogens (tertiary/aromatic N) is 1. The van der Waals surface area contributed by atoms with E-state index in [1.807, 2.05) is 20.9 Å². The Bertz CT molecular complexity index is 821. The Morgan fingerprint density at radius 2 is 0.771 bits per heavy atom. The van der Waals surface area contributed by atoms with Crippen molar-refractivity contribution < 1.29 is 33.1 Å². The van der Waals surface area contributed by atoms with E-state index in [4.69, 9.17) is 14.2 Å². The van der Waals surface area contributed by atoms with Gasteiger partial charge in [-0.25, -0.2) is 0 Å². The van der Waals surface area contributed by atoms with Crippen LogP contribution >= 0.6 is 0 Å². The summed E-state index contributed by atoms with van der Waals surface area (Å²) in [4.78, 5) is 37.1. The van der Waals surface area contributed by atoms with Crippen molar-refractivity contribution in [1.82, 2.24) is 0 Å². The summed E-state index contributed by atoms with van der Waals surface area (Å²) in [6, 6.07) is 0. The summed E-state index contributed by atoms with van der Waals surface area (Å²) in [7, 11) is 2.05. The molecule has 0 amide bonds. The highest BCUT2D eigenvalue weighted by Gasteiger charge is 2.24. The van der Waals surface area contributed by atoms with Crippen molar-refractivity contribution >= 4 is 17.9 Å². The van der Waals surface area contributed by atoms with Crippen LogP contribution in [0.2, 0.25) is 0 Å². The fourth-order valence-corrected chi connectivity index (χ4v) is 5.49. The van der Waals surface area contributed by atoms with Crippen LogP contribution in [0, 0.1) is 0 Å².